The Balaban J connectivity index is 1.91. The maximum atomic E-state index is 12.2. The summed E-state index contributed by atoms with van der Waals surface area (Å²) in [6.45, 7) is 4.73. The average Bonchev–Trinajstić information content (AvgIpc) is 2.64. The molecule has 0 aromatic heterocycles. The Morgan fingerprint density at radius 3 is 2.69 bits per heavy atom. The Kier molecular flexibility index (Phi) is 7.60. The highest BCUT2D eigenvalue weighted by Crippen LogP contribution is 2.28. The van der Waals surface area contributed by atoms with Gasteiger partial charge >= 0.3 is 0 Å². The summed E-state index contributed by atoms with van der Waals surface area (Å²) in [4.78, 5) is 12.2. The van der Waals surface area contributed by atoms with Crippen molar-refractivity contribution in [2.75, 3.05) is 13.7 Å². The summed E-state index contributed by atoms with van der Waals surface area (Å²) in [7, 11) is 1.59. The van der Waals surface area contributed by atoms with Crippen molar-refractivity contribution in [3.05, 3.63) is 53.1 Å². The maximum absolute atomic E-state index is 12.2. The van der Waals surface area contributed by atoms with Crippen LogP contribution in [0.15, 0.2) is 42.5 Å². The molecule has 1 amide bonds. The molecule has 2 aromatic rings. The lowest BCUT2D eigenvalue weighted by Gasteiger charge is -2.16. The second kappa shape index (κ2) is 9.92. The summed E-state index contributed by atoms with van der Waals surface area (Å²) >= 11 is 5.92. The van der Waals surface area contributed by atoms with E-state index in [9.17, 15) is 4.79 Å². The zero-order chi connectivity index (χ0) is 18.9. The molecular weight excluding hydrogens is 354 g/mol. The molecule has 0 aliphatic carbocycles. The Morgan fingerprint density at radius 2 is 2.00 bits per heavy atom. The number of halogens is 1. The van der Waals surface area contributed by atoms with Crippen LogP contribution in [0.5, 0.6) is 17.2 Å². The molecule has 0 aliphatic rings. The highest BCUT2D eigenvalue weighted by atomic mass is 35.5. The minimum atomic E-state index is -0.637. The topological polar surface area (TPSA) is 56.8 Å². The maximum Gasteiger partial charge on any atom is 0.261 e. The Labute approximate surface area is 159 Å². The summed E-state index contributed by atoms with van der Waals surface area (Å²) in [6, 6.07) is 12.6. The molecule has 0 radical (unpaired) electrons. The first-order valence-corrected chi connectivity index (χ1v) is 8.91. The molecule has 2 rings (SSSR count). The zero-order valence-corrected chi connectivity index (χ0v) is 16.0. The Morgan fingerprint density at radius 1 is 1.19 bits per heavy atom. The van der Waals surface area contributed by atoms with E-state index < -0.39 is 6.10 Å². The molecule has 1 N–H and O–H groups in total. The van der Waals surface area contributed by atoms with Gasteiger partial charge in [-0.1, -0.05) is 30.7 Å². The largest absolute Gasteiger partial charge is 0.493 e. The van der Waals surface area contributed by atoms with Crippen molar-refractivity contribution in [3.63, 3.8) is 0 Å². The van der Waals surface area contributed by atoms with Gasteiger partial charge < -0.3 is 19.5 Å². The molecule has 140 valence electrons. The van der Waals surface area contributed by atoms with E-state index in [0.717, 1.165) is 12.0 Å². The second-order valence-electron chi connectivity index (χ2n) is 5.77. The van der Waals surface area contributed by atoms with Crippen LogP contribution in [-0.2, 0) is 11.3 Å². The molecule has 1 atom stereocenters. The van der Waals surface area contributed by atoms with Crippen molar-refractivity contribution in [1.29, 1.82) is 0 Å². The quantitative estimate of drug-likeness (QED) is 0.710. The van der Waals surface area contributed by atoms with Crippen molar-refractivity contribution in [3.8, 4) is 17.2 Å². The van der Waals surface area contributed by atoms with Gasteiger partial charge in [0.2, 0.25) is 0 Å². The van der Waals surface area contributed by atoms with E-state index in [1.165, 1.54) is 0 Å². The first-order valence-electron chi connectivity index (χ1n) is 8.53. The van der Waals surface area contributed by atoms with Gasteiger partial charge in [-0.3, -0.25) is 4.79 Å². The van der Waals surface area contributed by atoms with Gasteiger partial charge in [-0.05, 0) is 49.2 Å². The van der Waals surface area contributed by atoms with Gasteiger partial charge in [0.1, 0.15) is 5.75 Å². The third-order valence-electron chi connectivity index (χ3n) is 3.63. The first kappa shape index (κ1) is 19.9. The highest BCUT2D eigenvalue weighted by Gasteiger charge is 2.15. The molecule has 0 aliphatic heterocycles. The number of ether oxygens (including phenoxy) is 3. The van der Waals surface area contributed by atoms with Crippen LogP contribution in [0.25, 0.3) is 0 Å². The van der Waals surface area contributed by atoms with Crippen molar-refractivity contribution in [2.45, 2.75) is 32.9 Å². The van der Waals surface area contributed by atoms with Crippen LogP contribution in [0, 0.1) is 0 Å². The van der Waals surface area contributed by atoms with Crippen LogP contribution < -0.4 is 19.5 Å². The van der Waals surface area contributed by atoms with Crippen LogP contribution in [0.3, 0.4) is 0 Å². The van der Waals surface area contributed by atoms with Crippen molar-refractivity contribution < 1.29 is 19.0 Å². The SMILES string of the molecule is CCCOc1ccc(CNC(=O)C(C)Oc2cccc(Cl)c2)cc1OC. The van der Waals surface area contributed by atoms with E-state index in [1.54, 1.807) is 38.3 Å². The number of amides is 1. The summed E-state index contributed by atoms with van der Waals surface area (Å²) in [6.07, 6.45) is 0.286. The molecule has 0 heterocycles. The van der Waals surface area contributed by atoms with Crippen LogP contribution in [0.1, 0.15) is 25.8 Å². The fourth-order valence-corrected chi connectivity index (χ4v) is 2.46. The molecule has 1 unspecified atom stereocenters. The van der Waals surface area contributed by atoms with E-state index in [-0.39, 0.29) is 5.91 Å². The number of carbonyl (C=O) groups is 1. The number of hydrogen-bond acceptors (Lipinski definition) is 4. The number of hydrogen-bond donors (Lipinski definition) is 1. The Hall–Kier alpha value is -2.40. The van der Waals surface area contributed by atoms with Gasteiger partial charge in [0.05, 0.1) is 13.7 Å². The lowest BCUT2D eigenvalue weighted by molar-refractivity contribution is -0.127. The summed E-state index contributed by atoms with van der Waals surface area (Å²) in [5, 5.41) is 3.42. The minimum absolute atomic E-state index is 0.213. The molecule has 0 fully saturated rings. The molecule has 26 heavy (non-hydrogen) atoms. The second-order valence-corrected chi connectivity index (χ2v) is 6.21. The van der Waals surface area contributed by atoms with Gasteiger partial charge in [-0.2, -0.15) is 0 Å². The number of nitrogens with one attached hydrogen (secondary N) is 1. The van der Waals surface area contributed by atoms with E-state index in [4.69, 9.17) is 25.8 Å². The van der Waals surface area contributed by atoms with Gasteiger partial charge in [0.25, 0.3) is 5.91 Å². The number of carbonyl (C=O) groups excluding carboxylic acids is 1. The highest BCUT2D eigenvalue weighted by molar-refractivity contribution is 6.30. The smallest absolute Gasteiger partial charge is 0.261 e. The van der Waals surface area contributed by atoms with Gasteiger partial charge in [0.15, 0.2) is 17.6 Å². The van der Waals surface area contributed by atoms with Crippen molar-refractivity contribution in [2.24, 2.45) is 0 Å². The van der Waals surface area contributed by atoms with Crippen LogP contribution in [-0.4, -0.2) is 25.7 Å². The van der Waals surface area contributed by atoms with Crippen LogP contribution in [0.2, 0.25) is 5.02 Å². The third-order valence-corrected chi connectivity index (χ3v) is 3.87. The summed E-state index contributed by atoms with van der Waals surface area (Å²) < 4.78 is 16.6. The standard InChI is InChI=1S/C20H24ClNO4/c1-4-10-25-18-9-8-15(11-19(18)24-3)13-22-20(23)14(2)26-17-7-5-6-16(21)12-17/h5-9,11-12,14H,4,10,13H2,1-3H3,(H,22,23). The third kappa shape index (κ3) is 5.85. The molecule has 0 saturated heterocycles. The zero-order valence-electron chi connectivity index (χ0n) is 15.3. The predicted molar refractivity (Wildman–Crippen MR) is 102 cm³/mol. The number of rotatable bonds is 9. The number of benzene rings is 2. The monoisotopic (exact) mass is 377 g/mol. The van der Waals surface area contributed by atoms with Gasteiger partial charge in [-0.15, -0.1) is 0 Å². The average molecular weight is 378 g/mol. The molecule has 5 nitrogen and oxygen atoms in total. The molecular formula is C20H24ClNO4. The first-order chi connectivity index (χ1) is 12.5. The predicted octanol–water partition coefficient (Wildman–Crippen LogP) is 4.22. The van der Waals surface area contributed by atoms with E-state index in [2.05, 4.69) is 5.32 Å². The molecule has 0 saturated carbocycles. The van der Waals surface area contributed by atoms with E-state index in [1.807, 2.05) is 25.1 Å². The Bertz CT molecular complexity index is 736. The van der Waals surface area contributed by atoms with Crippen LogP contribution in [0.4, 0.5) is 0 Å². The van der Waals surface area contributed by atoms with Crippen molar-refractivity contribution >= 4 is 17.5 Å². The van der Waals surface area contributed by atoms with E-state index >= 15 is 0 Å². The summed E-state index contributed by atoms with van der Waals surface area (Å²) in [5.41, 5.74) is 0.911. The fraction of sp³-hybridized carbons (Fsp3) is 0.350. The number of methoxy groups -OCH3 is 1. The van der Waals surface area contributed by atoms with Crippen LogP contribution >= 0.6 is 11.6 Å². The normalized spacial score (nSPS) is 11.5. The minimum Gasteiger partial charge on any atom is -0.493 e. The lowest BCUT2D eigenvalue weighted by Crippen LogP contribution is -2.35. The molecule has 0 spiro atoms. The molecule has 0 bridgehead atoms. The molecule has 2 aromatic carbocycles. The van der Waals surface area contributed by atoms with Gasteiger partial charge in [0, 0.05) is 11.6 Å². The fourth-order valence-electron chi connectivity index (χ4n) is 2.28. The van der Waals surface area contributed by atoms with Gasteiger partial charge in [-0.25, -0.2) is 0 Å². The van der Waals surface area contributed by atoms with Crippen molar-refractivity contribution in [1.82, 2.24) is 5.32 Å². The lowest BCUT2D eigenvalue weighted by atomic mass is 10.2. The molecule has 6 heteroatoms. The summed E-state index contributed by atoms with van der Waals surface area (Å²) in [5.74, 6) is 1.69. The van der Waals surface area contributed by atoms with E-state index in [0.29, 0.717) is 35.4 Å².